The molecule has 1 fully saturated rings. The molecule has 1 amide bonds. The van der Waals surface area contributed by atoms with Gasteiger partial charge in [0.2, 0.25) is 5.91 Å². The molecule has 2 N–H and O–H groups in total. The summed E-state index contributed by atoms with van der Waals surface area (Å²) in [5.41, 5.74) is 2.55. The summed E-state index contributed by atoms with van der Waals surface area (Å²) in [5.74, 6) is 0.383. The van der Waals surface area contributed by atoms with Crippen molar-refractivity contribution in [3.63, 3.8) is 0 Å². The fourth-order valence-electron chi connectivity index (χ4n) is 3.22. The monoisotopic (exact) mass is 304 g/mol. The number of nitrogens with zero attached hydrogens (tertiary/aromatic N) is 1. The van der Waals surface area contributed by atoms with Gasteiger partial charge in [0, 0.05) is 13.1 Å². The minimum Gasteiger partial charge on any atom is -0.393 e. The van der Waals surface area contributed by atoms with Crippen molar-refractivity contribution >= 4 is 5.91 Å². The molecular formula is C18H28N2O2. The Hall–Kier alpha value is -1.39. The summed E-state index contributed by atoms with van der Waals surface area (Å²) in [6.45, 7) is 3.96. The number of aliphatic hydroxyl groups is 1. The number of hydrogen-bond donors (Lipinski definition) is 2. The molecule has 1 aliphatic rings. The summed E-state index contributed by atoms with van der Waals surface area (Å²) in [4.78, 5) is 14.0. The van der Waals surface area contributed by atoms with Gasteiger partial charge in [0.25, 0.3) is 0 Å². The number of likely N-dealkylation sites (N-methyl/N-ethyl adjacent to an activating group) is 1. The van der Waals surface area contributed by atoms with Gasteiger partial charge in [0.1, 0.15) is 0 Å². The summed E-state index contributed by atoms with van der Waals surface area (Å²) in [6, 6.07) is 8.27. The summed E-state index contributed by atoms with van der Waals surface area (Å²) < 4.78 is 0. The number of carbonyl (C=O) groups excluding carboxylic acids is 1. The number of amides is 1. The number of benzene rings is 1. The van der Waals surface area contributed by atoms with E-state index in [1.165, 1.54) is 11.1 Å². The SMILES string of the molecule is Cc1ccccc1CCNC(=O)CN(C)CC1CCCC1O. The molecule has 0 saturated heterocycles. The third kappa shape index (κ3) is 5.11. The van der Waals surface area contributed by atoms with Gasteiger partial charge in [-0.3, -0.25) is 9.69 Å². The number of aryl methyl sites for hydroxylation is 1. The fraction of sp³-hybridized carbons (Fsp3) is 0.611. The van der Waals surface area contributed by atoms with E-state index < -0.39 is 0 Å². The maximum absolute atomic E-state index is 12.0. The molecule has 0 radical (unpaired) electrons. The smallest absolute Gasteiger partial charge is 0.234 e. The largest absolute Gasteiger partial charge is 0.393 e. The van der Waals surface area contributed by atoms with Crippen LogP contribution in [0, 0.1) is 12.8 Å². The standard InChI is InChI=1S/C18H28N2O2/c1-14-6-3-4-7-15(14)10-11-19-18(22)13-20(2)12-16-8-5-9-17(16)21/h3-4,6-7,16-17,21H,5,8-13H2,1-2H3,(H,19,22). The maximum atomic E-state index is 12.0. The lowest BCUT2D eigenvalue weighted by atomic mass is 10.1. The molecule has 4 heteroatoms. The molecule has 1 aromatic carbocycles. The maximum Gasteiger partial charge on any atom is 0.234 e. The van der Waals surface area contributed by atoms with Crippen LogP contribution in [-0.4, -0.2) is 48.7 Å². The van der Waals surface area contributed by atoms with Crippen molar-refractivity contribution < 1.29 is 9.90 Å². The Morgan fingerprint density at radius 2 is 2.14 bits per heavy atom. The van der Waals surface area contributed by atoms with Crippen molar-refractivity contribution in [3.8, 4) is 0 Å². The quantitative estimate of drug-likeness (QED) is 0.807. The zero-order valence-corrected chi connectivity index (χ0v) is 13.7. The molecule has 0 heterocycles. The first-order valence-corrected chi connectivity index (χ1v) is 8.24. The molecule has 122 valence electrons. The molecule has 1 aromatic rings. The molecule has 0 aliphatic heterocycles. The van der Waals surface area contributed by atoms with E-state index in [4.69, 9.17) is 0 Å². The topological polar surface area (TPSA) is 52.6 Å². The van der Waals surface area contributed by atoms with Crippen LogP contribution in [0.2, 0.25) is 0 Å². The van der Waals surface area contributed by atoms with Crippen molar-refractivity contribution in [1.82, 2.24) is 10.2 Å². The van der Waals surface area contributed by atoms with E-state index in [1.54, 1.807) is 0 Å². The lowest BCUT2D eigenvalue weighted by Crippen LogP contribution is -2.39. The molecule has 2 rings (SSSR count). The highest BCUT2D eigenvalue weighted by Gasteiger charge is 2.26. The third-order valence-electron chi connectivity index (χ3n) is 4.56. The normalized spacial score (nSPS) is 21.3. The predicted octanol–water partition coefficient (Wildman–Crippen LogP) is 1.75. The Morgan fingerprint density at radius 1 is 1.36 bits per heavy atom. The summed E-state index contributed by atoms with van der Waals surface area (Å²) in [7, 11) is 1.95. The number of rotatable bonds is 7. The van der Waals surface area contributed by atoms with E-state index in [9.17, 15) is 9.90 Å². The lowest BCUT2D eigenvalue weighted by molar-refractivity contribution is -0.122. The minimum atomic E-state index is -0.188. The van der Waals surface area contributed by atoms with Gasteiger partial charge < -0.3 is 10.4 Å². The minimum absolute atomic E-state index is 0.0589. The van der Waals surface area contributed by atoms with Crippen molar-refractivity contribution in [2.24, 2.45) is 5.92 Å². The average Bonchev–Trinajstić information content (AvgIpc) is 2.86. The fourth-order valence-corrected chi connectivity index (χ4v) is 3.22. The van der Waals surface area contributed by atoms with Crippen LogP contribution in [0.3, 0.4) is 0 Å². The van der Waals surface area contributed by atoms with Crippen LogP contribution in [0.4, 0.5) is 0 Å². The van der Waals surface area contributed by atoms with Crippen LogP contribution < -0.4 is 5.32 Å². The molecule has 1 aliphatic carbocycles. The van der Waals surface area contributed by atoms with Crippen molar-refractivity contribution in [2.75, 3.05) is 26.7 Å². The molecule has 22 heavy (non-hydrogen) atoms. The number of hydrogen-bond acceptors (Lipinski definition) is 3. The van der Waals surface area contributed by atoms with Gasteiger partial charge in [-0.15, -0.1) is 0 Å². The van der Waals surface area contributed by atoms with E-state index in [1.807, 2.05) is 24.1 Å². The molecule has 2 unspecified atom stereocenters. The molecule has 4 nitrogen and oxygen atoms in total. The molecule has 1 saturated carbocycles. The Labute approximate surface area is 133 Å². The molecule has 2 atom stereocenters. The molecule has 0 bridgehead atoms. The Morgan fingerprint density at radius 3 is 2.82 bits per heavy atom. The van der Waals surface area contributed by atoms with Gasteiger partial charge in [-0.2, -0.15) is 0 Å². The van der Waals surface area contributed by atoms with Crippen LogP contribution >= 0.6 is 0 Å². The second-order valence-electron chi connectivity index (χ2n) is 6.48. The van der Waals surface area contributed by atoms with E-state index >= 15 is 0 Å². The highest BCUT2D eigenvalue weighted by atomic mass is 16.3. The number of nitrogens with one attached hydrogen (secondary N) is 1. The van der Waals surface area contributed by atoms with Gasteiger partial charge in [0.05, 0.1) is 12.6 Å². The molecule has 0 spiro atoms. The third-order valence-corrected chi connectivity index (χ3v) is 4.56. The Bertz CT molecular complexity index is 490. The van der Waals surface area contributed by atoms with Crippen LogP contribution in [0.15, 0.2) is 24.3 Å². The van der Waals surface area contributed by atoms with Crippen LogP contribution in [0.5, 0.6) is 0 Å². The zero-order valence-electron chi connectivity index (χ0n) is 13.7. The molecular weight excluding hydrogens is 276 g/mol. The Balaban J connectivity index is 1.66. The van der Waals surface area contributed by atoms with Crippen molar-refractivity contribution in [1.29, 1.82) is 0 Å². The van der Waals surface area contributed by atoms with E-state index in [0.717, 1.165) is 32.2 Å². The van der Waals surface area contributed by atoms with Gasteiger partial charge >= 0.3 is 0 Å². The second-order valence-corrected chi connectivity index (χ2v) is 6.48. The summed E-state index contributed by atoms with van der Waals surface area (Å²) >= 11 is 0. The number of aliphatic hydroxyl groups excluding tert-OH is 1. The average molecular weight is 304 g/mol. The van der Waals surface area contributed by atoms with Gasteiger partial charge in [-0.25, -0.2) is 0 Å². The van der Waals surface area contributed by atoms with Gasteiger partial charge in [0.15, 0.2) is 0 Å². The number of carbonyl (C=O) groups is 1. The zero-order chi connectivity index (χ0) is 15.9. The predicted molar refractivity (Wildman–Crippen MR) is 88.7 cm³/mol. The van der Waals surface area contributed by atoms with Crippen molar-refractivity contribution in [3.05, 3.63) is 35.4 Å². The highest BCUT2D eigenvalue weighted by molar-refractivity contribution is 5.77. The van der Waals surface area contributed by atoms with Crippen LogP contribution in [-0.2, 0) is 11.2 Å². The van der Waals surface area contributed by atoms with Gasteiger partial charge in [-0.1, -0.05) is 30.7 Å². The van der Waals surface area contributed by atoms with E-state index in [0.29, 0.717) is 19.0 Å². The van der Waals surface area contributed by atoms with Crippen LogP contribution in [0.1, 0.15) is 30.4 Å². The van der Waals surface area contributed by atoms with Crippen LogP contribution in [0.25, 0.3) is 0 Å². The first-order chi connectivity index (χ1) is 10.6. The first kappa shape index (κ1) is 17.0. The summed E-state index contributed by atoms with van der Waals surface area (Å²) in [5, 5.41) is 12.8. The summed E-state index contributed by atoms with van der Waals surface area (Å²) in [6.07, 6.45) is 3.75. The van der Waals surface area contributed by atoms with Crippen molar-refractivity contribution in [2.45, 2.75) is 38.7 Å². The molecule has 0 aromatic heterocycles. The Kier molecular flexibility index (Phi) is 6.40. The van der Waals surface area contributed by atoms with E-state index in [2.05, 4.69) is 24.4 Å². The van der Waals surface area contributed by atoms with E-state index in [-0.39, 0.29) is 12.0 Å². The second kappa shape index (κ2) is 8.30. The first-order valence-electron chi connectivity index (χ1n) is 8.24. The highest BCUT2D eigenvalue weighted by Crippen LogP contribution is 2.25. The van der Waals surface area contributed by atoms with Gasteiger partial charge in [-0.05, 0) is 50.3 Å². The lowest BCUT2D eigenvalue weighted by Gasteiger charge is -2.22.